The van der Waals surface area contributed by atoms with Crippen LogP contribution in [-0.4, -0.2) is 22.6 Å². The minimum absolute atomic E-state index is 0.0845. The van der Waals surface area contributed by atoms with E-state index in [-0.39, 0.29) is 5.41 Å². The Morgan fingerprint density at radius 1 is 1.24 bits per heavy atom. The average Bonchev–Trinajstić information content (AvgIpc) is 2.87. The second-order valence-corrected chi connectivity index (χ2v) is 7.99. The molecule has 118 valence electrons. The number of nitrogens with zero attached hydrogens (tertiary/aromatic N) is 3. The van der Waals surface area contributed by atoms with Gasteiger partial charge in [-0.25, -0.2) is 9.97 Å². The first kappa shape index (κ1) is 16.5. The monoisotopic (exact) mass is 309 g/mol. The van der Waals surface area contributed by atoms with Crippen molar-refractivity contribution in [2.45, 2.75) is 71.8 Å². The number of hydrogen-bond acceptors (Lipinski definition) is 3. The molecule has 0 aromatic carbocycles. The van der Waals surface area contributed by atoms with E-state index in [1.54, 1.807) is 0 Å². The lowest BCUT2D eigenvalue weighted by molar-refractivity contribution is 0.516. The highest BCUT2D eigenvalue weighted by atomic mass is 35.5. The smallest absolute Gasteiger partial charge is 0.137 e. The third kappa shape index (κ3) is 4.32. The lowest BCUT2D eigenvalue weighted by Gasteiger charge is -2.32. The molecule has 0 radical (unpaired) electrons. The normalized spacial score (nSPS) is 16.7. The molecule has 21 heavy (non-hydrogen) atoms. The quantitative estimate of drug-likeness (QED) is 0.746. The second-order valence-electron chi connectivity index (χ2n) is 7.61. The van der Waals surface area contributed by atoms with Gasteiger partial charge in [0, 0.05) is 24.1 Å². The van der Waals surface area contributed by atoms with E-state index in [0.29, 0.717) is 17.1 Å². The maximum Gasteiger partial charge on any atom is 0.137 e. The first-order chi connectivity index (χ1) is 9.77. The van der Waals surface area contributed by atoms with E-state index in [1.807, 2.05) is 6.07 Å². The summed E-state index contributed by atoms with van der Waals surface area (Å²) < 4.78 is 0. The molecule has 2 rings (SSSR count). The molecule has 0 unspecified atom stereocenters. The first-order valence-corrected chi connectivity index (χ1v) is 8.47. The summed E-state index contributed by atoms with van der Waals surface area (Å²) in [6, 6.07) is 2.53. The van der Waals surface area contributed by atoms with Gasteiger partial charge in [-0.2, -0.15) is 0 Å². The van der Waals surface area contributed by atoms with Crippen LogP contribution in [0.5, 0.6) is 0 Å². The van der Waals surface area contributed by atoms with Crippen LogP contribution in [0, 0.1) is 5.92 Å². The van der Waals surface area contributed by atoms with Gasteiger partial charge in [0.1, 0.15) is 16.8 Å². The first-order valence-electron chi connectivity index (χ1n) is 8.09. The van der Waals surface area contributed by atoms with Gasteiger partial charge in [0.15, 0.2) is 0 Å². The molecule has 3 nitrogen and oxygen atoms in total. The molecule has 0 aliphatic heterocycles. The molecule has 0 amide bonds. The van der Waals surface area contributed by atoms with E-state index in [9.17, 15) is 0 Å². The van der Waals surface area contributed by atoms with Crippen LogP contribution in [0.3, 0.4) is 0 Å². The van der Waals surface area contributed by atoms with Crippen molar-refractivity contribution >= 4 is 17.4 Å². The summed E-state index contributed by atoms with van der Waals surface area (Å²) in [5.41, 5.74) is -0.0845. The fourth-order valence-electron chi connectivity index (χ4n) is 2.93. The number of rotatable bonds is 4. The largest absolute Gasteiger partial charge is 0.353 e. The van der Waals surface area contributed by atoms with Crippen molar-refractivity contribution in [2.75, 3.05) is 11.4 Å². The van der Waals surface area contributed by atoms with Gasteiger partial charge in [0.2, 0.25) is 0 Å². The van der Waals surface area contributed by atoms with Gasteiger partial charge in [-0.15, -0.1) is 0 Å². The van der Waals surface area contributed by atoms with E-state index < -0.39 is 0 Å². The van der Waals surface area contributed by atoms with E-state index in [4.69, 9.17) is 16.6 Å². The molecule has 0 spiro atoms. The molecule has 1 aliphatic carbocycles. The molecule has 1 aliphatic rings. The van der Waals surface area contributed by atoms with E-state index >= 15 is 0 Å². The molecule has 0 saturated heterocycles. The summed E-state index contributed by atoms with van der Waals surface area (Å²) in [6.07, 6.45) is 5.17. The van der Waals surface area contributed by atoms with E-state index in [0.717, 1.165) is 18.2 Å². The fraction of sp³-hybridized carbons (Fsp3) is 0.765. The summed E-state index contributed by atoms with van der Waals surface area (Å²) in [6.45, 7) is 11.9. The maximum atomic E-state index is 6.27. The predicted molar refractivity (Wildman–Crippen MR) is 90.2 cm³/mol. The zero-order valence-electron chi connectivity index (χ0n) is 14.0. The van der Waals surface area contributed by atoms with Crippen LogP contribution in [0.4, 0.5) is 5.82 Å². The van der Waals surface area contributed by atoms with Gasteiger partial charge >= 0.3 is 0 Å². The molecule has 0 bridgehead atoms. The van der Waals surface area contributed by atoms with Gasteiger partial charge < -0.3 is 4.90 Å². The van der Waals surface area contributed by atoms with Crippen molar-refractivity contribution in [3.05, 3.63) is 17.0 Å². The van der Waals surface area contributed by atoms with Crippen LogP contribution in [-0.2, 0) is 5.41 Å². The summed E-state index contributed by atoms with van der Waals surface area (Å²) >= 11 is 6.27. The van der Waals surface area contributed by atoms with Crippen LogP contribution < -0.4 is 4.90 Å². The second kappa shape index (κ2) is 6.51. The molecule has 1 aromatic heterocycles. The number of anilines is 1. The third-order valence-corrected chi connectivity index (χ3v) is 4.17. The Morgan fingerprint density at radius 3 is 2.38 bits per heavy atom. The molecule has 1 saturated carbocycles. The van der Waals surface area contributed by atoms with Crippen LogP contribution in [0.25, 0.3) is 0 Å². The molecule has 4 heteroatoms. The summed E-state index contributed by atoms with van der Waals surface area (Å²) in [7, 11) is 0. The molecule has 1 heterocycles. The number of hydrogen-bond donors (Lipinski definition) is 0. The van der Waals surface area contributed by atoms with Gasteiger partial charge in [-0.05, 0) is 18.8 Å². The van der Waals surface area contributed by atoms with Crippen molar-refractivity contribution < 1.29 is 0 Å². The Labute approximate surface area is 134 Å². The molecule has 0 N–H and O–H groups in total. The lowest BCUT2D eigenvalue weighted by Crippen LogP contribution is -2.37. The zero-order chi connectivity index (χ0) is 15.6. The van der Waals surface area contributed by atoms with Crippen LogP contribution in [0.1, 0.15) is 66.1 Å². The Kier molecular flexibility index (Phi) is 5.13. The Morgan fingerprint density at radius 2 is 1.86 bits per heavy atom. The lowest BCUT2D eigenvalue weighted by atomic mass is 9.96. The SMILES string of the molecule is CC(C)CN(c1cc(Cl)nc(C(C)(C)C)n1)C1CCCC1. The third-order valence-electron chi connectivity index (χ3n) is 3.97. The van der Waals surface area contributed by atoms with Crippen molar-refractivity contribution in [2.24, 2.45) is 5.92 Å². The van der Waals surface area contributed by atoms with Crippen molar-refractivity contribution in [3.63, 3.8) is 0 Å². The number of halogens is 1. The Balaban J connectivity index is 2.36. The van der Waals surface area contributed by atoms with Crippen molar-refractivity contribution in [3.8, 4) is 0 Å². The number of aromatic nitrogens is 2. The van der Waals surface area contributed by atoms with Gasteiger partial charge in [0.05, 0.1) is 0 Å². The Hall–Kier alpha value is -0.830. The molecule has 0 atom stereocenters. The zero-order valence-corrected chi connectivity index (χ0v) is 14.7. The fourth-order valence-corrected chi connectivity index (χ4v) is 3.10. The summed E-state index contributed by atoms with van der Waals surface area (Å²) in [5.74, 6) is 2.44. The van der Waals surface area contributed by atoms with Gasteiger partial charge in [-0.3, -0.25) is 0 Å². The summed E-state index contributed by atoms with van der Waals surface area (Å²) in [5, 5.41) is 0.552. The van der Waals surface area contributed by atoms with Crippen LogP contribution in [0.15, 0.2) is 6.07 Å². The highest BCUT2D eigenvalue weighted by Gasteiger charge is 2.26. The van der Waals surface area contributed by atoms with Gasteiger partial charge in [-0.1, -0.05) is 59.1 Å². The standard InChI is InChI=1S/C17H28ClN3/c1-12(2)11-21(13-8-6-7-9-13)15-10-14(18)19-16(20-15)17(3,4)5/h10,12-13H,6-9,11H2,1-5H3. The van der Waals surface area contributed by atoms with Gasteiger partial charge in [0.25, 0.3) is 0 Å². The van der Waals surface area contributed by atoms with Crippen molar-refractivity contribution in [1.29, 1.82) is 0 Å². The minimum atomic E-state index is -0.0845. The van der Waals surface area contributed by atoms with Crippen molar-refractivity contribution in [1.82, 2.24) is 9.97 Å². The topological polar surface area (TPSA) is 29.0 Å². The maximum absolute atomic E-state index is 6.27. The predicted octanol–water partition coefficient (Wildman–Crippen LogP) is 4.83. The van der Waals surface area contributed by atoms with E-state index in [2.05, 4.69) is 44.5 Å². The minimum Gasteiger partial charge on any atom is -0.353 e. The Bertz CT molecular complexity index is 473. The van der Waals surface area contributed by atoms with E-state index in [1.165, 1.54) is 25.7 Å². The molecular weight excluding hydrogens is 282 g/mol. The summed E-state index contributed by atoms with van der Waals surface area (Å²) in [4.78, 5) is 11.7. The van der Waals surface area contributed by atoms with Crippen LogP contribution in [0.2, 0.25) is 5.15 Å². The molecular formula is C17H28ClN3. The highest BCUT2D eigenvalue weighted by Crippen LogP contribution is 2.30. The van der Waals surface area contributed by atoms with Crippen LogP contribution >= 0.6 is 11.6 Å². The molecule has 1 fully saturated rings. The highest BCUT2D eigenvalue weighted by molar-refractivity contribution is 6.29. The average molecular weight is 310 g/mol. The molecule has 1 aromatic rings.